The van der Waals surface area contributed by atoms with Crippen molar-refractivity contribution < 1.29 is 9.59 Å². The number of hydrogen-bond donors (Lipinski definition) is 3. The third kappa shape index (κ3) is 4.04. The molecule has 5 heteroatoms. The van der Waals surface area contributed by atoms with E-state index in [2.05, 4.69) is 46.3 Å². The summed E-state index contributed by atoms with van der Waals surface area (Å²) in [6.45, 7) is 0.406. The summed E-state index contributed by atoms with van der Waals surface area (Å²) in [5.41, 5.74) is 6.92. The highest BCUT2D eigenvalue weighted by atomic mass is 16.2. The highest BCUT2D eigenvalue weighted by Crippen LogP contribution is 2.37. The molecule has 1 aliphatic carbocycles. The Morgan fingerprint density at radius 2 is 1.57 bits per heavy atom. The van der Waals surface area contributed by atoms with Gasteiger partial charge in [-0.05, 0) is 46.4 Å². The molecule has 0 unspecified atom stereocenters. The van der Waals surface area contributed by atoms with Crippen LogP contribution in [0.1, 0.15) is 16.7 Å². The molecule has 0 aromatic heterocycles. The molecule has 0 fully saturated rings. The molecule has 3 aromatic rings. The second-order valence-electron chi connectivity index (χ2n) is 6.78. The molecule has 3 amide bonds. The Labute approximate surface area is 163 Å². The molecule has 0 saturated heterocycles. The van der Waals surface area contributed by atoms with Crippen molar-refractivity contribution in [2.24, 2.45) is 0 Å². The molecule has 0 heterocycles. The number of benzene rings is 3. The number of rotatable bonds is 5. The van der Waals surface area contributed by atoms with Crippen LogP contribution >= 0.6 is 0 Å². The molecule has 5 nitrogen and oxygen atoms in total. The van der Waals surface area contributed by atoms with Crippen molar-refractivity contribution in [3.63, 3.8) is 0 Å². The first-order valence-corrected chi connectivity index (χ1v) is 9.26. The molecule has 0 saturated carbocycles. The SMILES string of the molecule is O=C(CNc1ccc2c(c1)Cc1ccccc1-2)NC(=O)NCc1ccccc1. The van der Waals surface area contributed by atoms with Crippen LogP contribution in [0.15, 0.2) is 72.8 Å². The zero-order valence-electron chi connectivity index (χ0n) is 15.4. The summed E-state index contributed by atoms with van der Waals surface area (Å²) in [6.07, 6.45) is 0.898. The van der Waals surface area contributed by atoms with Gasteiger partial charge in [-0.25, -0.2) is 4.79 Å². The standard InChI is InChI=1S/C23H21N3O2/c27-22(26-23(28)25-14-16-6-2-1-3-7-16)15-24-19-10-11-21-18(13-19)12-17-8-4-5-9-20(17)21/h1-11,13,24H,12,14-15H2,(H2,25,26,27,28). The number of hydrogen-bond acceptors (Lipinski definition) is 3. The maximum absolute atomic E-state index is 12.0. The predicted octanol–water partition coefficient (Wildman–Crippen LogP) is 3.70. The Morgan fingerprint density at radius 1 is 0.821 bits per heavy atom. The van der Waals surface area contributed by atoms with E-state index in [0.717, 1.165) is 17.7 Å². The Morgan fingerprint density at radius 3 is 2.43 bits per heavy atom. The monoisotopic (exact) mass is 371 g/mol. The van der Waals surface area contributed by atoms with Gasteiger partial charge in [-0.3, -0.25) is 10.1 Å². The van der Waals surface area contributed by atoms with Gasteiger partial charge in [0.05, 0.1) is 6.54 Å². The van der Waals surface area contributed by atoms with Crippen LogP contribution in [0.4, 0.5) is 10.5 Å². The van der Waals surface area contributed by atoms with Gasteiger partial charge in [0.2, 0.25) is 5.91 Å². The fourth-order valence-corrected chi connectivity index (χ4v) is 3.43. The van der Waals surface area contributed by atoms with Crippen LogP contribution in [-0.4, -0.2) is 18.5 Å². The number of fused-ring (bicyclic) bond motifs is 3. The van der Waals surface area contributed by atoms with Gasteiger partial charge in [0, 0.05) is 12.2 Å². The third-order valence-electron chi connectivity index (χ3n) is 4.80. The molecule has 4 rings (SSSR count). The Bertz CT molecular complexity index is 1020. The Balaban J connectivity index is 1.27. The molecular weight excluding hydrogens is 350 g/mol. The summed E-state index contributed by atoms with van der Waals surface area (Å²) in [7, 11) is 0. The van der Waals surface area contributed by atoms with Crippen LogP contribution in [0.3, 0.4) is 0 Å². The number of nitrogens with one attached hydrogen (secondary N) is 3. The number of carbonyl (C=O) groups excluding carboxylic acids is 2. The molecule has 0 atom stereocenters. The molecular formula is C23H21N3O2. The average Bonchev–Trinajstić information content (AvgIpc) is 3.09. The van der Waals surface area contributed by atoms with Crippen molar-refractivity contribution in [1.82, 2.24) is 10.6 Å². The molecule has 1 aliphatic rings. The molecule has 0 aliphatic heterocycles. The molecule has 0 radical (unpaired) electrons. The summed E-state index contributed by atoms with van der Waals surface area (Å²) in [6, 6.07) is 23.5. The van der Waals surface area contributed by atoms with Crippen LogP contribution in [0.25, 0.3) is 11.1 Å². The van der Waals surface area contributed by atoms with Gasteiger partial charge in [0.25, 0.3) is 0 Å². The van der Waals surface area contributed by atoms with Gasteiger partial charge < -0.3 is 10.6 Å². The van der Waals surface area contributed by atoms with E-state index >= 15 is 0 Å². The summed E-state index contributed by atoms with van der Waals surface area (Å²) < 4.78 is 0. The van der Waals surface area contributed by atoms with Gasteiger partial charge in [-0.2, -0.15) is 0 Å². The van der Waals surface area contributed by atoms with Crippen LogP contribution in [-0.2, 0) is 17.8 Å². The molecule has 0 bridgehead atoms. The van der Waals surface area contributed by atoms with Gasteiger partial charge in [0.15, 0.2) is 0 Å². The van der Waals surface area contributed by atoms with Crippen LogP contribution < -0.4 is 16.0 Å². The lowest BCUT2D eigenvalue weighted by atomic mass is 10.1. The highest BCUT2D eigenvalue weighted by molar-refractivity contribution is 5.96. The third-order valence-corrected chi connectivity index (χ3v) is 4.80. The maximum atomic E-state index is 12.0. The lowest BCUT2D eigenvalue weighted by Crippen LogP contribution is -2.41. The minimum Gasteiger partial charge on any atom is -0.376 e. The molecule has 3 N–H and O–H groups in total. The summed E-state index contributed by atoms with van der Waals surface area (Å²) in [5, 5.41) is 8.10. The van der Waals surface area contributed by atoms with E-state index in [9.17, 15) is 9.59 Å². The van der Waals surface area contributed by atoms with Gasteiger partial charge >= 0.3 is 6.03 Å². The first-order valence-electron chi connectivity index (χ1n) is 9.26. The second kappa shape index (κ2) is 7.96. The Hall–Kier alpha value is -3.60. The number of anilines is 1. The van der Waals surface area contributed by atoms with E-state index in [0.29, 0.717) is 6.54 Å². The van der Waals surface area contributed by atoms with Crippen molar-refractivity contribution in [3.8, 4) is 11.1 Å². The smallest absolute Gasteiger partial charge is 0.321 e. The highest BCUT2D eigenvalue weighted by Gasteiger charge is 2.18. The summed E-state index contributed by atoms with van der Waals surface area (Å²) in [4.78, 5) is 23.9. The zero-order chi connectivity index (χ0) is 19.3. The number of amides is 3. The zero-order valence-corrected chi connectivity index (χ0v) is 15.4. The fraction of sp³-hybridized carbons (Fsp3) is 0.130. The summed E-state index contributed by atoms with van der Waals surface area (Å²) >= 11 is 0. The van der Waals surface area contributed by atoms with Crippen LogP contribution in [0.5, 0.6) is 0 Å². The van der Waals surface area contributed by atoms with Crippen molar-refractivity contribution in [2.45, 2.75) is 13.0 Å². The van der Waals surface area contributed by atoms with E-state index in [1.54, 1.807) is 0 Å². The Kier molecular flexibility index (Phi) is 5.06. The predicted molar refractivity (Wildman–Crippen MR) is 110 cm³/mol. The average molecular weight is 371 g/mol. The van der Waals surface area contributed by atoms with Crippen molar-refractivity contribution in [3.05, 3.63) is 89.5 Å². The lowest BCUT2D eigenvalue weighted by molar-refractivity contribution is -0.118. The number of carbonyl (C=O) groups is 2. The fourth-order valence-electron chi connectivity index (χ4n) is 3.43. The van der Waals surface area contributed by atoms with Crippen molar-refractivity contribution in [1.29, 1.82) is 0 Å². The largest absolute Gasteiger partial charge is 0.376 e. The van der Waals surface area contributed by atoms with Crippen molar-refractivity contribution in [2.75, 3.05) is 11.9 Å². The molecule has 3 aromatic carbocycles. The lowest BCUT2D eigenvalue weighted by Gasteiger charge is -2.10. The van der Waals surface area contributed by atoms with Gasteiger partial charge in [0.1, 0.15) is 0 Å². The quantitative estimate of drug-likeness (QED) is 0.501. The topological polar surface area (TPSA) is 70.2 Å². The molecule has 28 heavy (non-hydrogen) atoms. The van der Waals surface area contributed by atoms with Crippen LogP contribution in [0.2, 0.25) is 0 Å². The maximum Gasteiger partial charge on any atom is 0.321 e. The van der Waals surface area contributed by atoms with E-state index < -0.39 is 6.03 Å². The summed E-state index contributed by atoms with van der Waals surface area (Å²) in [5.74, 6) is -0.380. The number of imide groups is 1. The van der Waals surface area contributed by atoms with E-state index in [4.69, 9.17) is 0 Å². The molecule has 0 spiro atoms. The first-order chi connectivity index (χ1) is 13.7. The van der Waals surface area contributed by atoms with E-state index in [-0.39, 0.29) is 12.5 Å². The normalized spacial score (nSPS) is 11.3. The van der Waals surface area contributed by atoms with E-state index in [1.807, 2.05) is 42.5 Å². The number of urea groups is 1. The van der Waals surface area contributed by atoms with E-state index in [1.165, 1.54) is 22.3 Å². The van der Waals surface area contributed by atoms with Crippen molar-refractivity contribution >= 4 is 17.6 Å². The molecule has 140 valence electrons. The second-order valence-corrected chi connectivity index (χ2v) is 6.78. The minimum absolute atomic E-state index is 0.0322. The minimum atomic E-state index is -0.500. The van der Waals surface area contributed by atoms with Gasteiger partial charge in [-0.15, -0.1) is 0 Å². The van der Waals surface area contributed by atoms with Crippen LogP contribution in [0, 0.1) is 0 Å². The van der Waals surface area contributed by atoms with Gasteiger partial charge in [-0.1, -0.05) is 60.7 Å². The first kappa shape index (κ1) is 17.8.